The second-order valence-electron chi connectivity index (χ2n) is 6.48. The predicted octanol–water partition coefficient (Wildman–Crippen LogP) is 3.40. The van der Waals surface area contributed by atoms with Gasteiger partial charge in [-0.1, -0.05) is 42.5 Å². The van der Waals surface area contributed by atoms with Crippen LogP contribution in [0.2, 0.25) is 0 Å². The zero-order chi connectivity index (χ0) is 19.3. The molecule has 2 N–H and O–H groups in total. The van der Waals surface area contributed by atoms with Gasteiger partial charge in [-0.2, -0.15) is 0 Å². The number of aliphatic hydroxyl groups excluding tert-OH is 1. The second kappa shape index (κ2) is 8.37. The lowest BCUT2D eigenvalue weighted by Crippen LogP contribution is -2.23. The minimum Gasteiger partial charge on any atom is -0.394 e. The van der Waals surface area contributed by atoms with Crippen LogP contribution >= 0.6 is 11.8 Å². The van der Waals surface area contributed by atoms with Crippen molar-refractivity contribution >= 4 is 39.8 Å². The molecule has 1 aliphatic rings. The molecule has 0 spiro atoms. The lowest BCUT2D eigenvalue weighted by Gasteiger charge is -2.10. The van der Waals surface area contributed by atoms with Gasteiger partial charge in [0, 0.05) is 11.6 Å². The van der Waals surface area contributed by atoms with Crippen LogP contribution in [0.3, 0.4) is 0 Å². The van der Waals surface area contributed by atoms with Gasteiger partial charge in [-0.3, -0.25) is 14.8 Å². The van der Waals surface area contributed by atoms with Gasteiger partial charge >= 0.3 is 0 Å². The van der Waals surface area contributed by atoms with E-state index in [4.69, 9.17) is 0 Å². The maximum Gasteiger partial charge on any atom is 0.264 e. The molecule has 1 aromatic heterocycles. The van der Waals surface area contributed by atoms with Gasteiger partial charge in [-0.05, 0) is 53.6 Å². The van der Waals surface area contributed by atoms with E-state index in [1.807, 2.05) is 66.7 Å². The molecule has 1 aliphatic heterocycles. The van der Waals surface area contributed by atoms with E-state index in [1.54, 1.807) is 6.20 Å². The van der Waals surface area contributed by atoms with Crippen LogP contribution in [0.1, 0.15) is 11.1 Å². The van der Waals surface area contributed by atoms with Crippen molar-refractivity contribution in [3.05, 3.63) is 82.9 Å². The number of amidine groups is 1. The molecule has 1 fully saturated rings. The summed E-state index contributed by atoms with van der Waals surface area (Å²) in [7, 11) is 0. The third-order valence-corrected chi connectivity index (χ3v) is 5.32. The summed E-state index contributed by atoms with van der Waals surface area (Å²) in [6, 6.07) is 19.4. The summed E-state index contributed by atoms with van der Waals surface area (Å²) in [5.74, 6) is -0.175. The van der Waals surface area contributed by atoms with Crippen LogP contribution in [0.5, 0.6) is 0 Å². The van der Waals surface area contributed by atoms with Gasteiger partial charge in [0.05, 0.1) is 23.1 Å². The minimum atomic E-state index is -0.295. The number of nitrogens with zero attached hydrogens (tertiary/aromatic N) is 2. The average molecular weight is 389 g/mol. The number of hydrogen-bond donors (Lipinski definition) is 2. The third kappa shape index (κ3) is 4.30. The molecule has 0 aliphatic carbocycles. The molecular weight excluding hydrogens is 370 g/mol. The number of amides is 1. The Bertz CT molecular complexity index is 1060. The van der Waals surface area contributed by atoms with E-state index in [9.17, 15) is 9.90 Å². The highest BCUT2D eigenvalue weighted by Crippen LogP contribution is 2.27. The van der Waals surface area contributed by atoms with Crippen molar-refractivity contribution in [1.29, 1.82) is 0 Å². The van der Waals surface area contributed by atoms with Crippen LogP contribution in [-0.2, 0) is 11.2 Å². The summed E-state index contributed by atoms with van der Waals surface area (Å²) >= 11 is 1.30. The SMILES string of the molecule is O=C1NC(=N[C@@H](CO)Cc2ccccc2)SC1=Cc1ccc2ncccc2c1. The number of pyridine rings is 1. The van der Waals surface area contributed by atoms with Crippen LogP contribution in [-0.4, -0.2) is 33.8 Å². The fraction of sp³-hybridized carbons (Fsp3) is 0.136. The number of fused-ring (bicyclic) bond motifs is 1. The molecule has 0 unspecified atom stereocenters. The Hall–Kier alpha value is -2.96. The molecule has 0 radical (unpaired) electrons. The van der Waals surface area contributed by atoms with Gasteiger partial charge in [-0.15, -0.1) is 0 Å². The van der Waals surface area contributed by atoms with E-state index >= 15 is 0 Å². The highest BCUT2D eigenvalue weighted by atomic mass is 32.2. The van der Waals surface area contributed by atoms with E-state index < -0.39 is 0 Å². The summed E-state index contributed by atoms with van der Waals surface area (Å²) in [5.41, 5.74) is 2.95. The van der Waals surface area contributed by atoms with Gasteiger partial charge in [0.2, 0.25) is 0 Å². The van der Waals surface area contributed by atoms with Crippen molar-refractivity contribution in [2.75, 3.05) is 6.61 Å². The second-order valence-corrected chi connectivity index (χ2v) is 7.51. The Morgan fingerprint density at radius 1 is 1.14 bits per heavy atom. The van der Waals surface area contributed by atoms with Crippen molar-refractivity contribution in [1.82, 2.24) is 10.3 Å². The van der Waals surface area contributed by atoms with Crippen LogP contribution in [0.25, 0.3) is 17.0 Å². The Morgan fingerprint density at radius 2 is 2.00 bits per heavy atom. The summed E-state index contributed by atoms with van der Waals surface area (Å²) in [5, 5.41) is 14.0. The van der Waals surface area contributed by atoms with Crippen molar-refractivity contribution < 1.29 is 9.90 Å². The molecule has 1 amide bonds. The van der Waals surface area contributed by atoms with Crippen molar-refractivity contribution in [2.24, 2.45) is 4.99 Å². The Kier molecular flexibility index (Phi) is 5.50. The number of rotatable bonds is 5. The monoisotopic (exact) mass is 389 g/mol. The van der Waals surface area contributed by atoms with Gasteiger partial charge in [0.25, 0.3) is 5.91 Å². The molecule has 0 bridgehead atoms. The lowest BCUT2D eigenvalue weighted by molar-refractivity contribution is -0.115. The van der Waals surface area contributed by atoms with Crippen LogP contribution in [0, 0.1) is 0 Å². The topological polar surface area (TPSA) is 74.6 Å². The Morgan fingerprint density at radius 3 is 2.82 bits per heavy atom. The molecule has 1 atom stereocenters. The number of carbonyl (C=O) groups excluding carboxylic acids is 1. The Balaban J connectivity index is 1.52. The molecule has 1 saturated heterocycles. The number of nitrogens with one attached hydrogen (secondary N) is 1. The number of aliphatic imine (C=N–C) groups is 1. The van der Waals surface area contributed by atoms with Crippen molar-refractivity contribution in [2.45, 2.75) is 12.5 Å². The average Bonchev–Trinajstić information content (AvgIpc) is 3.07. The number of aliphatic hydroxyl groups is 1. The molecular formula is C22H19N3O2S. The number of aromatic nitrogens is 1. The molecule has 6 heteroatoms. The first-order chi connectivity index (χ1) is 13.7. The van der Waals surface area contributed by atoms with Gasteiger partial charge in [0.1, 0.15) is 0 Å². The summed E-state index contributed by atoms with van der Waals surface area (Å²) < 4.78 is 0. The predicted molar refractivity (Wildman–Crippen MR) is 114 cm³/mol. The van der Waals surface area contributed by atoms with E-state index in [-0.39, 0.29) is 18.6 Å². The zero-order valence-electron chi connectivity index (χ0n) is 15.1. The van der Waals surface area contributed by atoms with E-state index in [0.29, 0.717) is 16.5 Å². The van der Waals surface area contributed by atoms with Crippen molar-refractivity contribution in [3.8, 4) is 0 Å². The van der Waals surface area contributed by atoms with Gasteiger partial charge < -0.3 is 10.4 Å². The quantitative estimate of drug-likeness (QED) is 0.656. The molecule has 3 aromatic rings. The normalized spacial score (nSPS) is 18.0. The molecule has 5 nitrogen and oxygen atoms in total. The third-order valence-electron chi connectivity index (χ3n) is 4.40. The molecule has 2 aromatic carbocycles. The number of carbonyl (C=O) groups is 1. The lowest BCUT2D eigenvalue weighted by atomic mass is 10.1. The zero-order valence-corrected chi connectivity index (χ0v) is 15.9. The Labute approximate surface area is 167 Å². The highest BCUT2D eigenvalue weighted by Gasteiger charge is 2.24. The highest BCUT2D eigenvalue weighted by molar-refractivity contribution is 8.18. The summed E-state index contributed by atoms with van der Waals surface area (Å²) in [6.07, 6.45) is 4.23. The van der Waals surface area contributed by atoms with Crippen LogP contribution in [0.15, 0.2) is 76.8 Å². The summed E-state index contributed by atoms with van der Waals surface area (Å²) in [6.45, 7) is -0.0778. The molecule has 4 rings (SSSR count). The van der Waals surface area contributed by atoms with E-state index in [1.165, 1.54) is 11.8 Å². The maximum absolute atomic E-state index is 12.3. The minimum absolute atomic E-state index is 0.0778. The standard InChI is InChI=1S/C22H19N3O2S/c26-14-18(12-15-5-2-1-3-6-15)24-22-25-21(27)20(28-22)13-16-8-9-19-17(11-16)7-4-10-23-19/h1-11,13,18,26H,12,14H2,(H,24,25,27)/t18-/m1/s1. The van der Waals surface area contributed by atoms with Gasteiger partial charge in [-0.25, -0.2) is 0 Å². The number of benzene rings is 2. The fourth-order valence-electron chi connectivity index (χ4n) is 3.03. The first-order valence-corrected chi connectivity index (χ1v) is 9.81. The molecule has 28 heavy (non-hydrogen) atoms. The number of hydrogen-bond acceptors (Lipinski definition) is 5. The van der Waals surface area contributed by atoms with Crippen molar-refractivity contribution in [3.63, 3.8) is 0 Å². The molecule has 2 heterocycles. The molecule has 140 valence electrons. The fourth-order valence-corrected chi connectivity index (χ4v) is 3.92. The summed E-state index contributed by atoms with van der Waals surface area (Å²) in [4.78, 5) is 21.7. The van der Waals surface area contributed by atoms with Gasteiger partial charge in [0.15, 0.2) is 5.17 Å². The molecule has 0 saturated carbocycles. The first kappa shape index (κ1) is 18.4. The number of thioether (sulfide) groups is 1. The van der Waals surface area contributed by atoms with Crippen LogP contribution in [0.4, 0.5) is 0 Å². The smallest absolute Gasteiger partial charge is 0.264 e. The largest absolute Gasteiger partial charge is 0.394 e. The van der Waals surface area contributed by atoms with Crippen LogP contribution < -0.4 is 5.32 Å². The van der Waals surface area contributed by atoms with E-state index in [0.717, 1.165) is 22.0 Å². The maximum atomic E-state index is 12.3. The van der Waals surface area contributed by atoms with E-state index in [2.05, 4.69) is 15.3 Å². The first-order valence-electron chi connectivity index (χ1n) is 8.99.